The summed E-state index contributed by atoms with van der Waals surface area (Å²) in [4.78, 5) is 30.2. The molecule has 0 bridgehead atoms. The van der Waals surface area contributed by atoms with Crippen molar-refractivity contribution in [2.24, 2.45) is 0 Å². The van der Waals surface area contributed by atoms with Gasteiger partial charge in [0.1, 0.15) is 24.1 Å². The Balaban J connectivity index is 1.90. The van der Waals surface area contributed by atoms with Crippen molar-refractivity contribution < 1.29 is 37.0 Å². The zero-order valence-electron chi connectivity index (χ0n) is 29.6. The third-order valence-electron chi connectivity index (χ3n) is 8.39. The second-order valence-corrected chi connectivity index (χ2v) is 14.0. The topological polar surface area (TPSA) is 124 Å². The highest BCUT2D eigenvalue weighted by Gasteiger charge is 2.36. The summed E-state index contributed by atoms with van der Waals surface area (Å²) < 4.78 is 52.1. The van der Waals surface area contributed by atoms with Crippen molar-refractivity contribution in [2.45, 2.75) is 50.2 Å². The van der Waals surface area contributed by atoms with E-state index in [-0.39, 0.29) is 47.0 Å². The van der Waals surface area contributed by atoms with Gasteiger partial charge in [-0.1, -0.05) is 61.0 Å². The molecule has 0 radical (unpaired) electrons. The summed E-state index contributed by atoms with van der Waals surface area (Å²) >= 11 is 6.35. The highest BCUT2D eigenvalue weighted by molar-refractivity contribution is 7.92. The Morgan fingerprint density at radius 3 is 2.08 bits per heavy atom. The summed E-state index contributed by atoms with van der Waals surface area (Å²) in [5.74, 6) is -0.0294. The number of benzene rings is 4. The van der Waals surface area contributed by atoms with Crippen LogP contribution < -0.4 is 28.6 Å². The Kier molecular flexibility index (Phi) is 13.6. The molecule has 4 aromatic rings. The molecule has 2 amide bonds. The predicted octanol–water partition coefficient (Wildman–Crippen LogP) is 6.12. The number of anilines is 1. The molecule has 0 spiro atoms. The summed E-state index contributed by atoms with van der Waals surface area (Å²) in [6.07, 6.45) is 0.833. The van der Waals surface area contributed by atoms with E-state index >= 15 is 0 Å². The minimum absolute atomic E-state index is 0.0374. The molecule has 0 saturated carbocycles. The molecule has 0 aliphatic carbocycles. The van der Waals surface area contributed by atoms with Crippen molar-refractivity contribution in [3.63, 3.8) is 0 Å². The molecule has 4 rings (SSSR count). The summed E-state index contributed by atoms with van der Waals surface area (Å²) in [6, 6.07) is 23.9. The molecular weight excluding hydrogens is 694 g/mol. The number of carbonyl (C=O) groups is 2. The average Bonchev–Trinajstić information content (AvgIpc) is 3.14. The van der Waals surface area contributed by atoms with Crippen LogP contribution in [0, 0.1) is 0 Å². The number of nitrogens with zero attached hydrogens (tertiary/aromatic N) is 2. The molecule has 13 heteroatoms. The fourth-order valence-electron chi connectivity index (χ4n) is 5.44. The van der Waals surface area contributed by atoms with E-state index in [1.54, 1.807) is 36.4 Å². The van der Waals surface area contributed by atoms with Gasteiger partial charge in [-0.3, -0.25) is 13.9 Å². The van der Waals surface area contributed by atoms with Crippen molar-refractivity contribution in [1.82, 2.24) is 10.2 Å². The SMILES string of the molecule is CC[C@@H](C)NC(=O)[C@@H](Cc1ccccc1)N(Cc1cccc(Cl)c1)C(=O)CN(c1cc(OC)ccc1OC)S(=O)(=O)c1ccc(OC)c(OC)c1. The zero-order valence-corrected chi connectivity index (χ0v) is 31.2. The molecular formula is C38H44ClN3O8S. The predicted molar refractivity (Wildman–Crippen MR) is 197 cm³/mol. The minimum atomic E-state index is -4.51. The molecule has 11 nitrogen and oxygen atoms in total. The van der Waals surface area contributed by atoms with E-state index in [2.05, 4.69) is 5.32 Å². The van der Waals surface area contributed by atoms with Crippen LogP contribution in [0.5, 0.6) is 23.0 Å². The highest BCUT2D eigenvalue weighted by Crippen LogP contribution is 2.38. The molecule has 0 unspecified atom stereocenters. The first-order chi connectivity index (χ1) is 24.4. The Morgan fingerprint density at radius 1 is 0.784 bits per heavy atom. The van der Waals surface area contributed by atoms with Crippen molar-refractivity contribution in [1.29, 1.82) is 0 Å². The van der Waals surface area contributed by atoms with Gasteiger partial charge in [-0.25, -0.2) is 8.42 Å². The van der Waals surface area contributed by atoms with Gasteiger partial charge < -0.3 is 29.2 Å². The van der Waals surface area contributed by atoms with Crippen LogP contribution in [0.1, 0.15) is 31.4 Å². The maximum absolute atomic E-state index is 14.9. The van der Waals surface area contributed by atoms with Crippen LogP contribution in [-0.4, -0.2) is 72.2 Å². The zero-order chi connectivity index (χ0) is 37.1. The molecule has 0 aliphatic heterocycles. The van der Waals surface area contributed by atoms with E-state index < -0.39 is 28.5 Å². The number of methoxy groups -OCH3 is 4. The first-order valence-electron chi connectivity index (χ1n) is 16.3. The molecule has 0 aromatic heterocycles. The van der Waals surface area contributed by atoms with Gasteiger partial charge in [0.2, 0.25) is 11.8 Å². The van der Waals surface area contributed by atoms with Gasteiger partial charge >= 0.3 is 0 Å². The van der Waals surface area contributed by atoms with Crippen LogP contribution in [0.15, 0.2) is 95.9 Å². The number of hydrogen-bond donors (Lipinski definition) is 1. The second-order valence-electron chi connectivity index (χ2n) is 11.7. The molecule has 2 atom stereocenters. The summed E-state index contributed by atoms with van der Waals surface area (Å²) in [7, 11) is 1.17. The summed E-state index contributed by atoms with van der Waals surface area (Å²) in [5, 5.41) is 3.47. The summed E-state index contributed by atoms with van der Waals surface area (Å²) in [6.45, 7) is 3.09. The van der Waals surface area contributed by atoms with E-state index in [0.29, 0.717) is 28.5 Å². The fourth-order valence-corrected chi connectivity index (χ4v) is 7.08. The third-order valence-corrected chi connectivity index (χ3v) is 10.4. The maximum Gasteiger partial charge on any atom is 0.265 e. The minimum Gasteiger partial charge on any atom is -0.497 e. The molecule has 4 aromatic carbocycles. The van der Waals surface area contributed by atoms with Crippen LogP contribution in [0.4, 0.5) is 5.69 Å². The number of rotatable bonds is 17. The molecule has 0 aliphatic rings. The lowest BCUT2D eigenvalue weighted by Crippen LogP contribution is -2.54. The first-order valence-corrected chi connectivity index (χ1v) is 18.1. The summed E-state index contributed by atoms with van der Waals surface area (Å²) in [5.41, 5.74) is 1.51. The number of amides is 2. The van der Waals surface area contributed by atoms with Gasteiger partial charge in [-0.2, -0.15) is 0 Å². The lowest BCUT2D eigenvalue weighted by Gasteiger charge is -2.34. The van der Waals surface area contributed by atoms with E-state index in [1.807, 2.05) is 44.2 Å². The molecule has 0 saturated heterocycles. The molecule has 51 heavy (non-hydrogen) atoms. The van der Waals surface area contributed by atoms with Gasteiger partial charge in [0.05, 0.1) is 39.0 Å². The van der Waals surface area contributed by atoms with E-state index in [1.165, 1.54) is 57.6 Å². The van der Waals surface area contributed by atoms with Gasteiger partial charge in [-0.15, -0.1) is 0 Å². The van der Waals surface area contributed by atoms with Crippen LogP contribution >= 0.6 is 11.6 Å². The van der Waals surface area contributed by atoms with Gasteiger partial charge in [0.25, 0.3) is 10.0 Å². The largest absolute Gasteiger partial charge is 0.497 e. The van der Waals surface area contributed by atoms with Gasteiger partial charge in [-0.05, 0) is 60.9 Å². The van der Waals surface area contributed by atoms with Crippen molar-refractivity contribution in [3.8, 4) is 23.0 Å². The highest BCUT2D eigenvalue weighted by atomic mass is 35.5. The fraction of sp³-hybridized carbons (Fsp3) is 0.316. The second kappa shape index (κ2) is 17.8. The maximum atomic E-state index is 14.9. The normalized spacial score (nSPS) is 12.3. The number of nitrogens with one attached hydrogen (secondary N) is 1. The van der Waals surface area contributed by atoms with E-state index in [4.69, 9.17) is 30.5 Å². The Labute approximate surface area is 305 Å². The third kappa shape index (κ3) is 9.65. The van der Waals surface area contributed by atoms with Crippen molar-refractivity contribution in [2.75, 3.05) is 39.3 Å². The number of halogens is 1. The quantitative estimate of drug-likeness (QED) is 0.138. The molecule has 272 valence electrons. The first kappa shape index (κ1) is 38.9. The monoisotopic (exact) mass is 737 g/mol. The van der Waals surface area contributed by atoms with Crippen molar-refractivity contribution in [3.05, 3.63) is 107 Å². The molecule has 1 N–H and O–H groups in total. The van der Waals surface area contributed by atoms with Gasteiger partial charge in [0.15, 0.2) is 11.5 Å². The van der Waals surface area contributed by atoms with E-state index in [0.717, 1.165) is 9.87 Å². The van der Waals surface area contributed by atoms with Crippen LogP contribution in [0.3, 0.4) is 0 Å². The Bertz CT molecular complexity index is 1910. The lowest BCUT2D eigenvalue weighted by atomic mass is 10.0. The number of hydrogen-bond acceptors (Lipinski definition) is 8. The number of ether oxygens (including phenoxy) is 4. The molecule has 0 fully saturated rings. The molecule has 0 heterocycles. The van der Waals surface area contributed by atoms with Crippen LogP contribution in [-0.2, 0) is 32.6 Å². The van der Waals surface area contributed by atoms with Gasteiger partial charge in [0, 0.05) is 36.2 Å². The smallest absolute Gasteiger partial charge is 0.265 e. The Hall–Kier alpha value is -4.94. The number of sulfonamides is 1. The standard InChI is InChI=1S/C38H44ClN3O8S/c1-7-26(2)40-38(44)33(21-27-12-9-8-10-13-27)41(24-28-14-11-15-29(39)20-28)37(43)25-42(32-22-30(47-3)16-18-34(32)48-4)51(45,46)31-17-19-35(49-5)36(23-31)50-6/h8-20,22-23,26,33H,7,21,24-25H2,1-6H3,(H,40,44)/t26-,33-/m1/s1. The van der Waals surface area contributed by atoms with Crippen LogP contribution in [0.2, 0.25) is 5.02 Å². The van der Waals surface area contributed by atoms with E-state index in [9.17, 15) is 18.0 Å². The number of carbonyl (C=O) groups excluding carboxylic acids is 2. The Morgan fingerprint density at radius 2 is 1.45 bits per heavy atom. The van der Waals surface area contributed by atoms with Crippen LogP contribution in [0.25, 0.3) is 0 Å². The average molecular weight is 738 g/mol. The lowest BCUT2D eigenvalue weighted by molar-refractivity contribution is -0.140. The van der Waals surface area contributed by atoms with Crippen molar-refractivity contribution >= 4 is 39.1 Å².